The number of hydrogen-bond acceptors (Lipinski definition) is 6. The number of rotatable bonds is 8. The molecule has 0 aromatic heterocycles. The first-order valence-electron chi connectivity index (χ1n) is 12.0. The van der Waals surface area contributed by atoms with Crippen molar-refractivity contribution in [3.05, 3.63) is 53.1 Å². The van der Waals surface area contributed by atoms with E-state index in [1.807, 2.05) is 0 Å². The Labute approximate surface area is 206 Å². The van der Waals surface area contributed by atoms with Crippen LogP contribution in [0.25, 0.3) is 0 Å². The van der Waals surface area contributed by atoms with Crippen molar-refractivity contribution in [3.63, 3.8) is 0 Å². The average Bonchev–Trinajstić information content (AvgIpc) is 3.21. The third kappa shape index (κ3) is 5.06. The van der Waals surface area contributed by atoms with E-state index in [1.54, 1.807) is 38.1 Å². The monoisotopic (exact) mass is 499 g/mol. The van der Waals surface area contributed by atoms with Gasteiger partial charge in [0.15, 0.2) is 5.78 Å². The van der Waals surface area contributed by atoms with Gasteiger partial charge in [0.05, 0.1) is 16.9 Å². The molecule has 1 atom stereocenters. The molecule has 1 unspecified atom stereocenters. The largest absolute Gasteiger partial charge is 0.478 e. The molecule has 1 fully saturated rings. The van der Waals surface area contributed by atoms with E-state index in [4.69, 9.17) is 0 Å². The summed E-state index contributed by atoms with van der Waals surface area (Å²) in [6, 6.07) is 10.1. The van der Waals surface area contributed by atoms with Crippen molar-refractivity contribution in [1.82, 2.24) is 4.90 Å². The van der Waals surface area contributed by atoms with Gasteiger partial charge in [-0.05, 0) is 69.5 Å². The Morgan fingerprint density at radius 3 is 2.60 bits per heavy atom. The molecule has 1 aliphatic carbocycles. The first kappa shape index (κ1) is 25.2. The van der Waals surface area contributed by atoms with E-state index in [0.717, 1.165) is 19.4 Å². The number of sulfonamides is 1. The predicted octanol–water partition coefficient (Wildman–Crippen LogP) is 4.24. The summed E-state index contributed by atoms with van der Waals surface area (Å²) in [7, 11) is -2.03. The summed E-state index contributed by atoms with van der Waals surface area (Å²) >= 11 is 0. The highest BCUT2D eigenvalue weighted by Crippen LogP contribution is 2.39. The fourth-order valence-corrected chi connectivity index (χ4v) is 6.34. The van der Waals surface area contributed by atoms with Crippen LogP contribution in [0.5, 0.6) is 0 Å². The highest BCUT2D eigenvalue weighted by molar-refractivity contribution is 7.92. The van der Waals surface area contributed by atoms with Crippen molar-refractivity contribution < 1.29 is 23.1 Å². The number of nitrogens with one attached hydrogen (secondary N) is 2. The Bertz CT molecular complexity index is 1260. The summed E-state index contributed by atoms with van der Waals surface area (Å²) in [5.74, 6) is -1.62. The molecule has 2 aromatic carbocycles. The zero-order chi connectivity index (χ0) is 25.4. The normalized spacial score (nSPS) is 19.9. The number of benzene rings is 2. The number of para-hydroxylation sites is 1. The van der Waals surface area contributed by atoms with Crippen molar-refractivity contribution in [1.29, 1.82) is 0 Å². The van der Waals surface area contributed by atoms with E-state index in [-0.39, 0.29) is 27.5 Å². The number of anilines is 2. The van der Waals surface area contributed by atoms with Gasteiger partial charge in [0.2, 0.25) is 0 Å². The third-order valence-electron chi connectivity index (χ3n) is 7.25. The second kappa shape index (κ2) is 9.62. The van der Waals surface area contributed by atoms with Crippen LogP contribution in [0.3, 0.4) is 0 Å². The van der Waals surface area contributed by atoms with Crippen LogP contribution in [0.4, 0.5) is 11.4 Å². The number of carboxylic acids is 1. The Balaban J connectivity index is 1.62. The lowest BCUT2D eigenvalue weighted by molar-refractivity contribution is 0.0684. The number of hydrogen-bond donors (Lipinski definition) is 3. The zero-order valence-electron chi connectivity index (χ0n) is 20.4. The second-order valence-corrected chi connectivity index (χ2v) is 11.8. The summed E-state index contributed by atoms with van der Waals surface area (Å²) in [5.41, 5.74) is 0.0732. The molecule has 0 bridgehead atoms. The van der Waals surface area contributed by atoms with Gasteiger partial charge in [-0.1, -0.05) is 32.0 Å². The van der Waals surface area contributed by atoms with Gasteiger partial charge < -0.3 is 15.3 Å². The van der Waals surface area contributed by atoms with Gasteiger partial charge in [-0.3, -0.25) is 9.52 Å². The average molecular weight is 500 g/mol. The van der Waals surface area contributed by atoms with Crippen LogP contribution in [0, 0.1) is 5.41 Å². The maximum absolute atomic E-state index is 13.4. The topological polar surface area (TPSA) is 116 Å². The van der Waals surface area contributed by atoms with E-state index < -0.39 is 21.4 Å². The van der Waals surface area contributed by atoms with Gasteiger partial charge in [0.25, 0.3) is 10.0 Å². The molecule has 1 saturated heterocycles. The van der Waals surface area contributed by atoms with Crippen molar-refractivity contribution in [2.24, 2.45) is 5.41 Å². The summed E-state index contributed by atoms with van der Waals surface area (Å²) < 4.78 is 29.3. The first-order valence-corrected chi connectivity index (χ1v) is 13.5. The van der Waals surface area contributed by atoms with Crippen LogP contribution in [-0.2, 0) is 16.4 Å². The zero-order valence-corrected chi connectivity index (χ0v) is 21.2. The van der Waals surface area contributed by atoms with Crippen molar-refractivity contribution in [2.45, 2.75) is 56.9 Å². The number of aryl methyl sites for hydroxylation is 1. The van der Waals surface area contributed by atoms with Crippen molar-refractivity contribution in [2.75, 3.05) is 30.2 Å². The molecular weight excluding hydrogens is 466 g/mol. The van der Waals surface area contributed by atoms with Gasteiger partial charge in [0, 0.05) is 23.6 Å². The number of fused-ring (bicyclic) bond motifs is 1. The van der Waals surface area contributed by atoms with Crippen LogP contribution in [-0.4, -0.2) is 56.4 Å². The molecule has 9 heteroatoms. The minimum atomic E-state index is -4.13. The van der Waals surface area contributed by atoms with Crippen molar-refractivity contribution >= 4 is 33.2 Å². The predicted molar refractivity (Wildman–Crippen MR) is 136 cm³/mol. The van der Waals surface area contributed by atoms with Crippen LogP contribution in [0.15, 0.2) is 41.3 Å². The lowest BCUT2D eigenvalue weighted by atomic mass is 9.72. The molecule has 2 aromatic rings. The van der Waals surface area contributed by atoms with Gasteiger partial charge in [-0.25, -0.2) is 13.2 Å². The molecule has 1 aliphatic heterocycles. The number of carboxylic acid groups (broad SMARTS) is 1. The molecule has 35 heavy (non-hydrogen) atoms. The Morgan fingerprint density at radius 1 is 1.17 bits per heavy atom. The second-order valence-electron chi connectivity index (χ2n) is 10.1. The molecule has 0 amide bonds. The summed E-state index contributed by atoms with van der Waals surface area (Å²) in [6.45, 7) is 5.26. The lowest BCUT2D eigenvalue weighted by Crippen LogP contribution is -2.32. The van der Waals surface area contributed by atoms with Gasteiger partial charge in [-0.15, -0.1) is 0 Å². The molecule has 1 heterocycles. The fraction of sp³-hybridized carbons (Fsp3) is 0.462. The molecule has 0 radical (unpaired) electrons. The molecule has 188 valence electrons. The Morgan fingerprint density at radius 2 is 1.91 bits per heavy atom. The molecule has 2 aliphatic rings. The number of nitrogens with zero attached hydrogens (tertiary/aromatic N) is 1. The van der Waals surface area contributed by atoms with Gasteiger partial charge in [0.1, 0.15) is 4.90 Å². The third-order valence-corrected chi connectivity index (χ3v) is 8.68. The Hall–Kier alpha value is -2.91. The van der Waals surface area contributed by atoms with Crippen LogP contribution < -0.4 is 10.0 Å². The van der Waals surface area contributed by atoms with Crippen LogP contribution >= 0.6 is 0 Å². The number of carbonyl (C=O) groups excluding carboxylic acids is 1. The molecule has 0 saturated carbocycles. The van der Waals surface area contributed by atoms with Gasteiger partial charge >= 0.3 is 5.97 Å². The minimum absolute atomic E-state index is 0.0282. The molecule has 3 N–H and O–H groups in total. The number of likely N-dealkylation sites (tertiary alicyclic amines) is 1. The fourth-order valence-electron chi connectivity index (χ4n) is 5.08. The molecule has 4 rings (SSSR count). The van der Waals surface area contributed by atoms with E-state index in [0.29, 0.717) is 36.7 Å². The molecule has 0 spiro atoms. The van der Waals surface area contributed by atoms with Crippen LogP contribution in [0.1, 0.15) is 65.8 Å². The maximum Gasteiger partial charge on any atom is 0.338 e. The molecule has 8 nitrogen and oxygen atoms in total. The van der Waals surface area contributed by atoms with E-state index in [9.17, 15) is 23.1 Å². The highest BCUT2D eigenvalue weighted by Gasteiger charge is 2.38. The van der Waals surface area contributed by atoms with Crippen molar-refractivity contribution in [3.8, 4) is 0 Å². The number of aromatic carboxylic acids is 1. The summed E-state index contributed by atoms with van der Waals surface area (Å²) in [5, 5.41) is 13.2. The van der Waals surface area contributed by atoms with E-state index in [2.05, 4.69) is 22.0 Å². The maximum atomic E-state index is 13.4. The summed E-state index contributed by atoms with van der Waals surface area (Å²) in [6.07, 6.45) is 4.36. The van der Waals surface area contributed by atoms with Crippen LogP contribution in [0.2, 0.25) is 0 Å². The number of carbonyl (C=O) groups is 2. The van der Waals surface area contributed by atoms with Gasteiger partial charge in [-0.2, -0.15) is 0 Å². The minimum Gasteiger partial charge on any atom is -0.478 e. The lowest BCUT2D eigenvalue weighted by Gasteiger charge is -2.31. The standard InChI is InChI=1S/C26H33N3O5S/c1-26(2)14-12-17-10-11-20(23(25(31)32)22(17)24(26)30)28-35(33,34)21-9-5-4-8-19(21)27-15-13-18-7-6-16-29(18)3/h4-5,8-11,18,27-28H,6-7,12-16H2,1-3H3,(H,31,32). The first-order chi connectivity index (χ1) is 16.5. The Kier molecular flexibility index (Phi) is 6.92. The highest BCUT2D eigenvalue weighted by atomic mass is 32.2. The smallest absolute Gasteiger partial charge is 0.338 e. The SMILES string of the molecule is CN1CCCC1CCNc1ccccc1S(=O)(=O)Nc1ccc2c(c1C(=O)O)C(=O)C(C)(C)CC2. The van der Waals surface area contributed by atoms with E-state index in [1.165, 1.54) is 18.6 Å². The number of ketones is 1. The van der Waals surface area contributed by atoms with E-state index >= 15 is 0 Å². The molecular formula is C26H33N3O5S. The number of Topliss-reactive ketones (excluding diaryl/α,β-unsaturated/α-hetero) is 1. The quantitative estimate of drug-likeness (QED) is 0.498. The summed E-state index contributed by atoms with van der Waals surface area (Å²) in [4.78, 5) is 27.7.